The standard InChI is InChI=1S/C10H21NO4S/c1-11(6-9(12)7-15-3)10(13)8-16-5-4-14-2/h9,12H,4-8H2,1-3H3. The zero-order chi connectivity index (χ0) is 12.4. The molecule has 0 rings (SSSR count). The lowest BCUT2D eigenvalue weighted by atomic mass is 10.3. The first-order valence-corrected chi connectivity index (χ1v) is 6.25. The molecule has 0 bridgehead atoms. The van der Waals surface area contributed by atoms with Crippen LogP contribution >= 0.6 is 11.8 Å². The maximum absolute atomic E-state index is 11.6. The average molecular weight is 251 g/mol. The van der Waals surface area contributed by atoms with Gasteiger partial charge in [-0.3, -0.25) is 4.79 Å². The van der Waals surface area contributed by atoms with E-state index in [1.807, 2.05) is 0 Å². The van der Waals surface area contributed by atoms with E-state index in [1.54, 1.807) is 14.2 Å². The average Bonchev–Trinajstić information content (AvgIpc) is 2.24. The summed E-state index contributed by atoms with van der Waals surface area (Å²) < 4.78 is 9.67. The first-order chi connectivity index (χ1) is 7.61. The Morgan fingerprint density at radius 2 is 2.12 bits per heavy atom. The molecule has 6 heteroatoms. The van der Waals surface area contributed by atoms with Crippen LogP contribution in [0.15, 0.2) is 0 Å². The highest BCUT2D eigenvalue weighted by molar-refractivity contribution is 7.99. The summed E-state index contributed by atoms with van der Waals surface area (Å²) in [7, 11) is 4.83. The van der Waals surface area contributed by atoms with Crippen molar-refractivity contribution < 1.29 is 19.4 Å². The van der Waals surface area contributed by atoms with Crippen LogP contribution in [0.5, 0.6) is 0 Å². The predicted octanol–water partition coefficient (Wildman–Crippen LogP) is -0.168. The van der Waals surface area contributed by atoms with Crippen molar-refractivity contribution in [2.45, 2.75) is 6.10 Å². The Hall–Kier alpha value is -0.300. The van der Waals surface area contributed by atoms with Crippen LogP contribution in [0, 0.1) is 0 Å². The number of aliphatic hydroxyl groups excluding tert-OH is 1. The largest absolute Gasteiger partial charge is 0.389 e. The van der Waals surface area contributed by atoms with Gasteiger partial charge in [0.1, 0.15) is 0 Å². The molecule has 0 radical (unpaired) electrons. The molecule has 0 aromatic carbocycles. The summed E-state index contributed by atoms with van der Waals surface area (Å²) in [5.74, 6) is 1.23. The van der Waals surface area contributed by atoms with Crippen molar-refractivity contribution in [3.8, 4) is 0 Å². The van der Waals surface area contributed by atoms with E-state index in [1.165, 1.54) is 23.8 Å². The second kappa shape index (κ2) is 9.89. The van der Waals surface area contributed by atoms with Gasteiger partial charge in [0.2, 0.25) is 5.91 Å². The van der Waals surface area contributed by atoms with E-state index in [0.717, 1.165) is 5.75 Å². The Bertz CT molecular complexity index is 192. The molecule has 1 N–H and O–H groups in total. The highest BCUT2D eigenvalue weighted by Gasteiger charge is 2.13. The maximum Gasteiger partial charge on any atom is 0.232 e. The van der Waals surface area contributed by atoms with E-state index in [4.69, 9.17) is 9.47 Å². The van der Waals surface area contributed by atoms with Gasteiger partial charge in [-0.1, -0.05) is 0 Å². The molecule has 1 unspecified atom stereocenters. The molecule has 96 valence electrons. The Morgan fingerprint density at radius 1 is 1.44 bits per heavy atom. The summed E-state index contributed by atoms with van der Waals surface area (Å²) in [5, 5.41) is 9.43. The van der Waals surface area contributed by atoms with Crippen LogP contribution in [-0.2, 0) is 14.3 Å². The molecule has 0 spiro atoms. The number of nitrogens with zero attached hydrogens (tertiary/aromatic N) is 1. The number of carbonyl (C=O) groups is 1. The SMILES string of the molecule is COCCSCC(=O)N(C)CC(O)COC. The second-order valence-electron chi connectivity index (χ2n) is 3.43. The van der Waals surface area contributed by atoms with E-state index < -0.39 is 6.10 Å². The number of aliphatic hydroxyl groups is 1. The van der Waals surface area contributed by atoms with Crippen molar-refractivity contribution in [1.82, 2.24) is 4.90 Å². The molecule has 0 aromatic rings. The van der Waals surface area contributed by atoms with Gasteiger partial charge in [-0.2, -0.15) is 0 Å². The normalized spacial score (nSPS) is 12.5. The van der Waals surface area contributed by atoms with Crippen molar-refractivity contribution in [1.29, 1.82) is 0 Å². The van der Waals surface area contributed by atoms with Crippen LogP contribution in [0.2, 0.25) is 0 Å². The molecule has 0 saturated carbocycles. The van der Waals surface area contributed by atoms with Crippen molar-refractivity contribution in [2.24, 2.45) is 0 Å². The van der Waals surface area contributed by atoms with Crippen molar-refractivity contribution in [2.75, 3.05) is 52.5 Å². The Kier molecular flexibility index (Phi) is 9.71. The number of thioether (sulfide) groups is 1. The first kappa shape index (κ1) is 15.7. The summed E-state index contributed by atoms with van der Waals surface area (Å²) in [6.45, 7) is 1.19. The van der Waals surface area contributed by atoms with E-state index >= 15 is 0 Å². The minimum atomic E-state index is -0.622. The molecule has 0 aliphatic heterocycles. The number of hydrogen-bond donors (Lipinski definition) is 1. The summed E-state index contributed by atoms with van der Waals surface area (Å²) in [5.41, 5.74) is 0. The summed E-state index contributed by atoms with van der Waals surface area (Å²) in [6.07, 6.45) is -0.622. The van der Waals surface area contributed by atoms with E-state index in [-0.39, 0.29) is 12.5 Å². The lowest BCUT2D eigenvalue weighted by Gasteiger charge is -2.20. The minimum absolute atomic E-state index is 0.0104. The number of carbonyl (C=O) groups excluding carboxylic acids is 1. The molecule has 5 nitrogen and oxygen atoms in total. The van der Waals surface area contributed by atoms with Crippen LogP contribution in [-0.4, -0.2) is 74.5 Å². The number of rotatable bonds is 9. The molecular weight excluding hydrogens is 230 g/mol. The maximum atomic E-state index is 11.6. The van der Waals surface area contributed by atoms with Gasteiger partial charge in [0, 0.05) is 33.6 Å². The molecule has 1 amide bonds. The molecule has 1 atom stereocenters. The smallest absolute Gasteiger partial charge is 0.232 e. The van der Waals surface area contributed by atoms with Gasteiger partial charge in [-0.05, 0) is 0 Å². The van der Waals surface area contributed by atoms with Gasteiger partial charge in [0.05, 0.1) is 25.1 Å². The molecule has 0 saturated heterocycles. The molecule has 0 aliphatic carbocycles. The highest BCUT2D eigenvalue weighted by Crippen LogP contribution is 2.02. The van der Waals surface area contributed by atoms with Gasteiger partial charge in [-0.15, -0.1) is 11.8 Å². The zero-order valence-electron chi connectivity index (χ0n) is 10.1. The Balaban J connectivity index is 3.64. The van der Waals surface area contributed by atoms with Crippen molar-refractivity contribution >= 4 is 17.7 Å². The summed E-state index contributed by atoms with van der Waals surface area (Å²) >= 11 is 1.53. The minimum Gasteiger partial charge on any atom is -0.389 e. The van der Waals surface area contributed by atoms with Gasteiger partial charge >= 0.3 is 0 Å². The van der Waals surface area contributed by atoms with Crippen LogP contribution in [0.25, 0.3) is 0 Å². The first-order valence-electron chi connectivity index (χ1n) is 5.09. The molecular formula is C10H21NO4S. The highest BCUT2D eigenvalue weighted by atomic mass is 32.2. The van der Waals surface area contributed by atoms with Crippen LogP contribution < -0.4 is 0 Å². The topological polar surface area (TPSA) is 59.0 Å². The third-order valence-electron chi connectivity index (χ3n) is 1.93. The fraction of sp³-hybridized carbons (Fsp3) is 0.900. The monoisotopic (exact) mass is 251 g/mol. The second-order valence-corrected chi connectivity index (χ2v) is 4.53. The lowest BCUT2D eigenvalue weighted by Crippen LogP contribution is -2.37. The summed E-state index contributed by atoms with van der Waals surface area (Å²) in [4.78, 5) is 13.1. The third-order valence-corrected chi connectivity index (χ3v) is 2.83. The quantitative estimate of drug-likeness (QED) is 0.577. The fourth-order valence-electron chi connectivity index (χ4n) is 1.07. The van der Waals surface area contributed by atoms with E-state index in [9.17, 15) is 9.90 Å². The van der Waals surface area contributed by atoms with Gasteiger partial charge in [0.15, 0.2) is 0 Å². The predicted molar refractivity (Wildman–Crippen MR) is 64.7 cm³/mol. The number of ether oxygens (including phenoxy) is 2. The Labute approximate surface area is 101 Å². The number of amides is 1. The van der Waals surface area contributed by atoms with Crippen molar-refractivity contribution in [3.63, 3.8) is 0 Å². The van der Waals surface area contributed by atoms with Crippen LogP contribution in [0.3, 0.4) is 0 Å². The van der Waals surface area contributed by atoms with Gasteiger partial charge in [-0.25, -0.2) is 0 Å². The van der Waals surface area contributed by atoms with E-state index in [2.05, 4.69) is 0 Å². The van der Waals surface area contributed by atoms with Gasteiger partial charge in [0.25, 0.3) is 0 Å². The molecule has 0 heterocycles. The van der Waals surface area contributed by atoms with Crippen LogP contribution in [0.1, 0.15) is 0 Å². The van der Waals surface area contributed by atoms with Crippen molar-refractivity contribution in [3.05, 3.63) is 0 Å². The molecule has 16 heavy (non-hydrogen) atoms. The molecule has 0 fully saturated rings. The van der Waals surface area contributed by atoms with Crippen LogP contribution in [0.4, 0.5) is 0 Å². The fourth-order valence-corrected chi connectivity index (χ4v) is 1.90. The Morgan fingerprint density at radius 3 is 2.69 bits per heavy atom. The molecule has 0 aromatic heterocycles. The number of likely N-dealkylation sites (N-methyl/N-ethyl adjacent to an activating group) is 1. The van der Waals surface area contributed by atoms with Gasteiger partial charge < -0.3 is 19.5 Å². The third kappa shape index (κ3) is 7.92. The number of methoxy groups -OCH3 is 2. The zero-order valence-corrected chi connectivity index (χ0v) is 11.0. The number of hydrogen-bond acceptors (Lipinski definition) is 5. The van der Waals surface area contributed by atoms with E-state index in [0.29, 0.717) is 18.9 Å². The summed E-state index contributed by atoms with van der Waals surface area (Å²) in [6, 6.07) is 0. The lowest BCUT2D eigenvalue weighted by molar-refractivity contribution is -0.128. The molecule has 0 aliphatic rings.